The summed E-state index contributed by atoms with van der Waals surface area (Å²) in [5.41, 5.74) is 4.44. The highest BCUT2D eigenvalue weighted by Gasteiger charge is 2.23. The maximum atomic E-state index is 14.4. The Morgan fingerprint density at radius 1 is 1.36 bits per heavy atom. The second-order valence-electron chi connectivity index (χ2n) is 9.31. The number of imidazole rings is 1. The monoisotopic (exact) mass is 491 g/mol. The summed E-state index contributed by atoms with van der Waals surface area (Å²) in [4.78, 5) is 23.8. The van der Waals surface area contributed by atoms with Gasteiger partial charge in [0, 0.05) is 56.9 Å². The zero-order valence-corrected chi connectivity index (χ0v) is 20.6. The molecule has 1 fully saturated rings. The number of carbonyl (C=O) groups is 1. The van der Waals surface area contributed by atoms with Crippen molar-refractivity contribution in [2.45, 2.75) is 25.6 Å². The predicted octanol–water partition coefficient (Wildman–Crippen LogP) is 4.20. The number of aromatic nitrogens is 3. The molecule has 8 nitrogen and oxygen atoms in total. The molecule has 1 aliphatic heterocycles. The number of nitrogens with zero attached hydrogens (tertiary/aromatic N) is 4. The molecule has 1 amide bonds. The molecule has 0 bridgehead atoms. The molecule has 188 valence electrons. The number of benzene rings is 1. The summed E-state index contributed by atoms with van der Waals surface area (Å²) in [5, 5.41) is 3.32. The number of hydrogen-bond acceptors (Lipinski definition) is 6. The van der Waals surface area contributed by atoms with Crippen LogP contribution < -0.4 is 5.32 Å². The Morgan fingerprint density at radius 2 is 2.22 bits per heavy atom. The summed E-state index contributed by atoms with van der Waals surface area (Å²) in [7, 11) is 3.33. The Labute approximate surface area is 209 Å². The van der Waals surface area contributed by atoms with E-state index >= 15 is 0 Å². The average Bonchev–Trinajstić information content (AvgIpc) is 3.54. The lowest BCUT2D eigenvalue weighted by Gasteiger charge is -2.21. The van der Waals surface area contributed by atoms with Crippen LogP contribution in [0.5, 0.6) is 0 Å². The van der Waals surface area contributed by atoms with E-state index in [1.165, 1.54) is 7.11 Å². The number of allylic oxidation sites excluding steroid dienone is 2. The van der Waals surface area contributed by atoms with E-state index in [9.17, 15) is 9.18 Å². The minimum atomic E-state index is -1.23. The van der Waals surface area contributed by atoms with Gasteiger partial charge in [-0.05, 0) is 48.8 Å². The molecule has 9 heteroatoms. The maximum Gasteiger partial charge on any atom is 0.253 e. The van der Waals surface area contributed by atoms with E-state index in [2.05, 4.69) is 15.3 Å². The maximum absolute atomic E-state index is 14.4. The van der Waals surface area contributed by atoms with Crippen molar-refractivity contribution >= 4 is 28.6 Å². The molecule has 2 aromatic heterocycles. The molecular weight excluding hydrogens is 461 g/mol. The number of halogens is 1. The van der Waals surface area contributed by atoms with Crippen LogP contribution in [-0.2, 0) is 9.47 Å². The number of carbonyl (C=O) groups excluding carboxylic acids is 1. The number of anilines is 2. The van der Waals surface area contributed by atoms with Gasteiger partial charge in [-0.1, -0.05) is 12.2 Å². The molecule has 5 rings (SSSR count). The highest BCUT2D eigenvalue weighted by atomic mass is 19.1. The van der Waals surface area contributed by atoms with Gasteiger partial charge in [-0.15, -0.1) is 0 Å². The molecule has 0 spiro atoms. The van der Waals surface area contributed by atoms with Crippen molar-refractivity contribution in [1.29, 1.82) is 0 Å². The highest BCUT2D eigenvalue weighted by Crippen LogP contribution is 2.28. The van der Waals surface area contributed by atoms with E-state index in [4.69, 9.17) is 9.47 Å². The largest absolute Gasteiger partial charge is 0.381 e. The summed E-state index contributed by atoms with van der Waals surface area (Å²) in [6.07, 6.45) is 9.45. The molecule has 1 aliphatic carbocycles. The number of aryl methyl sites for hydroxylation is 1. The Morgan fingerprint density at radius 3 is 2.94 bits per heavy atom. The van der Waals surface area contributed by atoms with Gasteiger partial charge in [0.05, 0.1) is 18.5 Å². The molecule has 3 aromatic rings. The lowest BCUT2D eigenvalue weighted by Crippen LogP contribution is -2.32. The first-order valence-electron chi connectivity index (χ1n) is 12.0. The van der Waals surface area contributed by atoms with Gasteiger partial charge in [0.25, 0.3) is 5.91 Å². The SMILES string of the molecule is COC1C=CC(c2cnc3c(Nc4ccc(C(=O)N(C)CC5CCOC5)c(C)c4)nccn23)=CC1F. The van der Waals surface area contributed by atoms with E-state index in [-0.39, 0.29) is 5.91 Å². The number of fused-ring (bicyclic) bond motifs is 1. The molecule has 0 radical (unpaired) electrons. The van der Waals surface area contributed by atoms with Gasteiger partial charge in [-0.3, -0.25) is 9.20 Å². The number of alkyl halides is 1. The van der Waals surface area contributed by atoms with Gasteiger partial charge in [-0.25, -0.2) is 14.4 Å². The molecule has 2 aliphatic rings. The third kappa shape index (κ3) is 4.76. The number of amides is 1. The second-order valence-corrected chi connectivity index (χ2v) is 9.31. The Hall–Kier alpha value is -3.56. The van der Waals surface area contributed by atoms with Crippen LogP contribution >= 0.6 is 0 Å². The molecule has 3 atom stereocenters. The van der Waals surface area contributed by atoms with Gasteiger partial charge < -0.3 is 19.7 Å². The van der Waals surface area contributed by atoms with Gasteiger partial charge in [0.1, 0.15) is 12.3 Å². The number of methoxy groups -OCH3 is 1. The van der Waals surface area contributed by atoms with Crippen LogP contribution in [0.1, 0.15) is 28.0 Å². The number of nitrogens with one attached hydrogen (secondary N) is 1. The quantitative estimate of drug-likeness (QED) is 0.534. The minimum Gasteiger partial charge on any atom is -0.381 e. The topological polar surface area (TPSA) is 81.0 Å². The number of hydrogen-bond donors (Lipinski definition) is 1. The normalized spacial score (nSPS) is 21.6. The molecule has 0 saturated carbocycles. The van der Waals surface area contributed by atoms with E-state index in [1.54, 1.807) is 35.6 Å². The van der Waals surface area contributed by atoms with Crippen LogP contribution in [0.2, 0.25) is 0 Å². The summed E-state index contributed by atoms with van der Waals surface area (Å²) >= 11 is 0. The molecule has 3 unspecified atom stereocenters. The highest BCUT2D eigenvalue weighted by molar-refractivity contribution is 5.96. The van der Waals surface area contributed by atoms with Gasteiger partial charge in [-0.2, -0.15) is 0 Å². The van der Waals surface area contributed by atoms with E-state index in [0.29, 0.717) is 36.1 Å². The van der Waals surface area contributed by atoms with Gasteiger partial charge >= 0.3 is 0 Å². The van der Waals surface area contributed by atoms with Crippen molar-refractivity contribution in [2.75, 3.05) is 39.2 Å². The second kappa shape index (κ2) is 10.2. The minimum absolute atomic E-state index is 0.000217. The number of rotatable bonds is 7. The van der Waals surface area contributed by atoms with E-state index in [1.807, 2.05) is 42.6 Å². The fourth-order valence-electron chi connectivity index (χ4n) is 4.75. The molecule has 1 N–H and O–H groups in total. The molecule has 1 saturated heterocycles. The lowest BCUT2D eigenvalue weighted by atomic mass is 10.0. The zero-order valence-electron chi connectivity index (χ0n) is 20.6. The van der Waals surface area contributed by atoms with E-state index < -0.39 is 12.3 Å². The summed E-state index contributed by atoms with van der Waals surface area (Å²) in [6.45, 7) is 4.09. The first kappa shape index (κ1) is 24.1. The molecule has 36 heavy (non-hydrogen) atoms. The molecule has 1 aromatic carbocycles. The van der Waals surface area contributed by atoms with Crippen LogP contribution in [0, 0.1) is 12.8 Å². The summed E-state index contributed by atoms with van der Waals surface area (Å²) in [5.74, 6) is 0.954. The third-order valence-electron chi connectivity index (χ3n) is 6.74. The van der Waals surface area contributed by atoms with Crippen LogP contribution in [0.25, 0.3) is 11.2 Å². The van der Waals surface area contributed by atoms with Gasteiger partial charge in [0.15, 0.2) is 11.5 Å². The first-order valence-corrected chi connectivity index (χ1v) is 12.0. The molecule has 3 heterocycles. The summed E-state index contributed by atoms with van der Waals surface area (Å²) < 4.78 is 26.8. The lowest BCUT2D eigenvalue weighted by molar-refractivity contribution is 0.0765. The average molecular weight is 492 g/mol. The van der Waals surface area contributed by atoms with Crippen LogP contribution in [-0.4, -0.2) is 71.4 Å². The van der Waals surface area contributed by atoms with Crippen molar-refractivity contribution in [3.05, 3.63) is 71.8 Å². The van der Waals surface area contributed by atoms with Crippen molar-refractivity contribution < 1.29 is 18.7 Å². The Balaban J connectivity index is 1.35. The van der Waals surface area contributed by atoms with Crippen LogP contribution in [0.15, 0.2) is 55.0 Å². The first-order chi connectivity index (χ1) is 17.4. The third-order valence-corrected chi connectivity index (χ3v) is 6.74. The zero-order chi connectivity index (χ0) is 25.2. The summed E-state index contributed by atoms with van der Waals surface area (Å²) in [6, 6.07) is 5.64. The fourth-order valence-corrected chi connectivity index (χ4v) is 4.75. The smallest absolute Gasteiger partial charge is 0.253 e. The van der Waals surface area contributed by atoms with Crippen LogP contribution in [0.4, 0.5) is 15.9 Å². The fraction of sp³-hybridized carbons (Fsp3) is 0.370. The standard InChI is InChI=1S/C27H30FN5O3/c1-17-12-20(5-6-21(17)27(34)32(2)15-18-8-11-36-16-18)31-25-26-30-14-23(33(26)10-9-29-25)19-4-7-24(35-3)22(28)13-19/h4-7,9-10,12-14,18,22,24H,8,11,15-16H2,1-3H3,(H,29,31). The Bertz CT molecular complexity index is 1330. The Kier molecular flexibility index (Phi) is 6.84. The van der Waals surface area contributed by atoms with Gasteiger partial charge in [0.2, 0.25) is 0 Å². The van der Waals surface area contributed by atoms with Crippen LogP contribution in [0.3, 0.4) is 0 Å². The van der Waals surface area contributed by atoms with Crippen molar-refractivity contribution in [1.82, 2.24) is 19.3 Å². The predicted molar refractivity (Wildman–Crippen MR) is 136 cm³/mol. The molecular formula is C27H30FN5O3. The van der Waals surface area contributed by atoms with E-state index in [0.717, 1.165) is 35.5 Å². The van der Waals surface area contributed by atoms with Crippen molar-refractivity contribution in [2.24, 2.45) is 5.92 Å². The number of ether oxygens (including phenoxy) is 2. The van der Waals surface area contributed by atoms with Crippen molar-refractivity contribution in [3.63, 3.8) is 0 Å². The van der Waals surface area contributed by atoms with Crippen molar-refractivity contribution in [3.8, 4) is 0 Å².